The lowest BCUT2D eigenvalue weighted by atomic mass is 9.80. The van der Waals surface area contributed by atoms with Gasteiger partial charge in [-0.05, 0) is 37.8 Å². The molecule has 6 nitrogen and oxygen atoms in total. The van der Waals surface area contributed by atoms with Crippen LogP contribution in [0.2, 0.25) is 0 Å². The maximum Gasteiger partial charge on any atom is 0.254 e. The van der Waals surface area contributed by atoms with Crippen LogP contribution in [0.4, 0.5) is 5.69 Å². The summed E-state index contributed by atoms with van der Waals surface area (Å²) < 4.78 is 5.49. The number of nitrogens with zero attached hydrogens (tertiary/aromatic N) is 3. The predicted molar refractivity (Wildman–Crippen MR) is 94.5 cm³/mol. The number of hydrogen-bond donors (Lipinski definition) is 1. The molecule has 128 valence electrons. The van der Waals surface area contributed by atoms with Gasteiger partial charge in [0.2, 0.25) is 0 Å². The number of ether oxygens (including phenoxy) is 1. The fourth-order valence-corrected chi connectivity index (χ4v) is 3.17. The van der Waals surface area contributed by atoms with Crippen LogP contribution in [-0.4, -0.2) is 31.8 Å². The van der Waals surface area contributed by atoms with E-state index in [-0.39, 0.29) is 12.0 Å². The molecule has 1 aromatic carbocycles. The summed E-state index contributed by atoms with van der Waals surface area (Å²) in [4.78, 5) is 13.6. The molecule has 2 rings (SSSR count). The van der Waals surface area contributed by atoms with Crippen LogP contribution >= 0.6 is 0 Å². The number of carbonyl (C=O) groups excluding carboxylic acids is 1. The van der Waals surface area contributed by atoms with Gasteiger partial charge in [-0.15, -0.1) is 0 Å². The zero-order valence-corrected chi connectivity index (χ0v) is 14.9. The van der Waals surface area contributed by atoms with E-state index in [1.807, 2.05) is 6.07 Å². The maximum atomic E-state index is 11.3. The molecule has 0 saturated heterocycles. The van der Waals surface area contributed by atoms with Crippen molar-refractivity contribution in [2.24, 2.45) is 5.10 Å². The van der Waals surface area contributed by atoms with Crippen molar-refractivity contribution in [1.82, 2.24) is 5.43 Å². The molecule has 0 saturated carbocycles. The number of nitrogens with one attached hydrogen (secondary N) is 1. The van der Waals surface area contributed by atoms with Crippen molar-refractivity contribution < 1.29 is 9.53 Å². The molecule has 0 aromatic heterocycles. The molecule has 1 aromatic rings. The standard InChI is InChI=1S/C18H24N4O2/c1-12-10-18(2,3)22(4)15-9-16(24-5)13(8-14(12)15)11-20-21-17(23)6-7-19/h8-9,11-12H,6,10H2,1-5H3,(H,21,23)/b20-11-. The molecule has 24 heavy (non-hydrogen) atoms. The minimum atomic E-state index is -0.430. The van der Waals surface area contributed by atoms with Crippen LogP contribution in [-0.2, 0) is 4.79 Å². The highest BCUT2D eigenvalue weighted by Gasteiger charge is 2.34. The Balaban J connectivity index is 2.35. The Morgan fingerprint density at radius 1 is 1.58 bits per heavy atom. The molecule has 1 amide bonds. The van der Waals surface area contributed by atoms with Crippen LogP contribution in [0.25, 0.3) is 0 Å². The van der Waals surface area contributed by atoms with E-state index in [9.17, 15) is 4.79 Å². The lowest BCUT2D eigenvalue weighted by Gasteiger charge is -2.45. The van der Waals surface area contributed by atoms with Gasteiger partial charge in [0.05, 0.1) is 19.4 Å². The number of nitriles is 1. The van der Waals surface area contributed by atoms with Gasteiger partial charge in [-0.25, -0.2) is 5.43 Å². The number of amides is 1. The van der Waals surface area contributed by atoms with Crippen molar-refractivity contribution in [3.63, 3.8) is 0 Å². The largest absolute Gasteiger partial charge is 0.496 e. The van der Waals surface area contributed by atoms with Crippen molar-refractivity contribution in [2.75, 3.05) is 19.1 Å². The lowest BCUT2D eigenvalue weighted by Crippen LogP contribution is -2.45. The number of carbonyl (C=O) groups is 1. The molecule has 1 aliphatic rings. The van der Waals surface area contributed by atoms with E-state index >= 15 is 0 Å². The quantitative estimate of drug-likeness (QED) is 0.681. The SMILES string of the molecule is COc1cc2c(cc1/C=N\NC(=O)CC#N)C(C)CC(C)(C)N2C. The summed E-state index contributed by atoms with van der Waals surface area (Å²) in [6.45, 7) is 6.69. The van der Waals surface area contributed by atoms with Gasteiger partial charge in [-0.1, -0.05) is 6.92 Å². The highest BCUT2D eigenvalue weighted by Crippen LogP contribution is 2.44. The molecule has 1 N–H and O–H groups in total. The van der Waals surface area contributed by atoms with Gasteiger partial charge in [0.1, 0.15) is 12.2 Å². The van der Waals surface area contributed by atoms with E-state index in [0.29, 0.717) is 11.7 Å². The average molecular weight is 328 g/mol. The average Bonchev–Trinajstić information content (AvgIpc) is 2.52. The van der Waals surface area contributed by atoms with Crippen LogP contribution in [0.5, 0.6) is 5.75 Å². The van der Waals surface area contributed by atoms with Gasteiger partial charge < -0.3 is 9.64 Å². The molecule has 1 heterocycles. The van der Waals surface area contributed by atoms with Crippen LogP contribution in [0, 0.1) is 11.3 Å². The molecule has 0 fully saturated rings. The predicted octanol–water partition coefficient (Wildman–Crippen LogP) is 2.78. The summed E-state index contributed by atoms with van der Waals surface area (Å²) in [6, 6.07) is 5.86. The molecular weight excluding hydrogens is 304 g/mol. The van der Waals surface area contributed by atoms with E-state index in [2.05, 4.69) is 49.3 Å². The zero-order chi connectivity index (χ0) is 17.9. The lowest BCUT2D eigenvalue weighted by molar-refractivity contribution is -0.120. The van der Waals surface area contributed by atoms with Crippen molar-refractivity contribution in [3.8, 4) is 11.8 Å². The first kappa shape index (κ1) is 17.8. The zero-order valence-electron chi connectivity index (χ0n) is 14.9. The second-order valence-corrected chi connectivity index (χ2v) is 6.76. The monoisotopic (exact) mass is 328 g/mol. The Bertz CT molecular complexity index is 704. The third-order valence-electron chi connectivity index (χ3n) is 4.62. The Kier molecular flexibility index (Phi) is 5.13. The number of anilines is 1. The summed E-state index contributed by atoms with van der Waals surface area (Å²) in [5.41, 5.74) is 5.61. The second-order valence-electron chi connectivity index (χ2n) is 6.76. The smallest absolute Gasteiger partial charge is 0.254 e. The molecule has 1 atom stereocenters. The minimum Gasteiger partial charge on any atom is -0.496 e. The fourth-order valence-electron chi connectivity index (χ4n) is 3.17. The minimum absolute atomic E-state index is 0.0817. The molecule has 6 heteroatoms. The molecule has 1 unspecified atom stereocenters. The highest BCUT2D eigenvalue weighted by molar-refractivity contribution is 5.87. The number of hydrazone groups is 1. The van der Waals surface area contributed by atoms with E-state index in [1.54, 1.807) is 19.4 Å². The van der Waals surface area contributed by atoms with E-state index in [4.69, 9.17) is 10.00 Å². The summed E-state index contributed by atoms with van der Waals surface area (Å²) >= 11 is 0. The molecule has 1 aliphatic heterocycles. The van der Waals surface area contributed by atoms with Gasteiger partial charge in [-0.3, -0.25) is 4.79 Å². The first-order valence-corrected chi connectivity index (χ1v) is 7.94. The second kappa shape index (κ2) is 6.91. The third kappa shape index (κ3) is 3.51. The van der Waals surface area contributed by atoms with E-state index < -0.39 is 5.91 Å². The molecule has 0 spiro atoms. The Morgan fingerprint density at radius 3 is 2.92 bits per heavy atom. The van der Waals surface area contributed by atoms with E-state index in [1.165, 1.54) is 5.56 Å². The van der Waals surface area contributed by atoms with Crippen LogP contribution < -0.4 is 15.1 Å². The number of methoxy groups -OCH3 is 1. The van der Waals surface area contributed by atoms with Crippen LogP contribution in [0.15, 0.2) is 17.2 Å². The van der Waals surface area contributed by atoms with Crippen molar-refractivity contribution in [1.29, 1.82) is 5.26 Å². The Hall–Kier alpha value is -2.55. The van der Waals surface area contributed by atoms with Crippen molar-refractivity contribution in [3.05, 3.63) is 23.3 Å². The normalized spacial score (nSPS) is 18.8. The van der Waals surface area contributed by atoms with Gasteiger partial charge in [-0.2, -0.15) is 10.4 Å². The maximum absolute atomic E-state index is 11.3. The Labute approximate surface area is 143 Å². The Morgan fingerprint density at radius 2 is 2.29 bits per heavy atom. The number of fused-ring (bicyclic) bond motifs is 1. The van der Waals surface area contributed by atoms with Gasteiger partial charge in [0, 0.05) is 29.9 Å². The summed E-state index contributed by atoms with van der Waals surface area (Å²) in [7, 11) is 3.71. The summed E-state index contributed by atoms with van der Waals surface area (Å²) in [5, 5.41) is 12.4. The molecule has 0 bridgehead atoms. The van der Waals surface area contributed by atoms with Crippen molar-refractivity contribution in [2.45, 2.75) is 45.1 Å². The number of rotatable bonds is 4. The topological polar surface area (TPSA) is 77.7 Å². The van der Waals surface area contributed by atoms with Gasteiger partial charge >= 0.3 is 0 Å². The number of benzene rings is 1. The van der Waals surface area contributed by atoms with Crippen molar-refractivity contribution >= 4 is 17.8 Å². The summed E-state index contributed by atoms with van der Waals surface area (Å²) in [5.74, 6) is 0.682. The molecule has 0 aliphatic carbocycles. The van der Waals surface area contributed by atoms with Crippen LogP contribution in [0.3, 0.4) is 0 Å². The molecule has 0 radical (unpaired) electrons. The van der Waals surface area contributed by atoms with Gasteiger partial charge in [0.25, 0.3) is 5.91 Å². The first-order chi connectivity index (χ1) is 11.3. The summed E-state index contributed by atoms with van der Waals surface area (Å²) in [6.07, 6.45) is 2.40. The highest BCUT2D eigenvalue weighted by atomic mass is 16.5. The number of hydrogen-bond acceptors (Lipinski definition) is 5. The van der Waals surface area contributed by atoms with Gasteiger partial charge in [0.15, 0.2) is 0 Å². The fraction of sp³-hybridized carbons (Fsp3) is 0.500. The molecular formula is C18H24N4O2. The van der Waals surface area contributed by atoms with Crippen LogP contribution in [0.1, 0.15) is 50.7 Å². The third-order valence-corrected chi connectivity index (χ3v) is 4.62. The van der Waals surface area contributed by atoms with E-state index in [0.717, 1.165) is 17.7 Å². The first-order valence-electron chi connectivity index (χ1n) is 7.94.